The molecular weight excluding hydrogens is 328 g/mol. The van der Waals surface area contributed by atoms with Gasteiger partial charge in [-0.25, -0.2) is 0 Å². The molecule has 26 heavy (non-hydrogen) atoms. The molecule has 138 valence electrons. The maximum absolute atomic E-state index is 12.7. The number of benzene rings is 1. The van der Waals surface area contributed by atoms with Crippen molar-refractivity contribution in [3.05, 3.63) is 60.1 Å². The largest absolute Gasteiger partial charge is 0.467 e. The fourth-order valence-corrected chi connectivity index (χ4v) is 3.42. The predicted molar refractivity (Wildman–Crippen MR) is 99.2 cm³/mol. The third-order valence-electron chi connectivity index (χ3n) is 4.91. The van der Waals surface area contributed by atoms with Crippen molar-refractivity contribution < 1.29 is 14.0 Å². The van der Waals surface area contributed by atoms with E-state index in [1.54, 1.807) is 12.3 Å². The lowest BCUT2D eigenvalue weighted by Crippen LogP contribution is -2.49. The molecule has 0 spiro atoms. The summed E-state index contributed by atoms with van der Waals surface area (Å²) in [5.74, 6) is 0.531. The van der Waals surface area contributed by atoms with Crippen molar-refractivity contribution in [2.75, 3.05) is 0 Å². The molecule has 1 aromatic heterocycles. The number of rotatable bonds is 7. The summed E-state index contributed by atoms with van der Waals surface area (Å²) < 4.78 is 5.26. The minimum Gasteiger partial charge on any atom is -0.467 e. The van der Waals surface area contributed by atoms with E-state index in [2.05, 4.69) is 10.6 Å². The Morgan fingerprint density at radius 2 is 1.81 bits per heavy atom. The molecular formula is C21H26N2O3. The lowest BCUT2D eigenvalue weighted by atomic mass is 9.88. The molecule has 2 aromatic rings. The molecule has 1 aliphatic rings. The van der Waals surface area contributed by atoms with Gasteiger partial charge in [0.05, 0.1) is 12.8 Å². The molecule has 3 rings (SSSR count). The van der Waals surface area contributed by atoms with Gasteiger partial charge in [0.1, 0.15) is 11.8 Å². The number of furan rings is 1. The van der Waals surface area contributed by atoms with Crippen LogP contribution in [0.15, 0.2) is 53.1 Å². The zero-order chi connectivity index (χ0) is 18.2. The van der Waals surface area contributed by atoms with Gasteiger partial charge in [0.2, 0.25) is 11.8 Å². The zero-order valence-corrected chi connectivity index (χ0v) is 14.9. The van der Waals surface area contributed by atoms with E-state index in [4.69, 9.17) is 4.42 Å². The Morgan fingerprint density at radius 1 is 1.04 bits per heavy atom. The van der Waals surface area contributed by atoms with Crippen LogP contribution in [0.4, 0.5) is 0 Å². The maximum Gasteiger partial charge on any atom is 0.243 e. The van der Waals surface area contributed by atoms with Gasteiger partial charge in [-0.3, -0.25) is 9.59 Å². The number of hydrogen-bond acceptors (Lipinski definition) is 3. The predicted octanol–water partition coefficient (Wildman–Crippen LogP) is 3.20. The summed E-state index contributed by atoms with van der Waals surface area (Å²) >= 11 is 0. The first-order valence-electron chi connectivity index (χ1n) is 9.37. The van der Waals surface area contributed by atoms with Crippen LogP contribution in [0.2, 0.25) is 0 Å². The van der Waals surface area contributed by atoms with Gasteiger partial charge >= 0.3 is 0 Å². The highest BCUT2D eigenvalue weighted by Gasteiger charge is 2.26. The molecule has 1 heterocycles. The van der Waals surface area contributed by atoms with Crippen LogP contribution in [-0.2, 0) is 22.6 Å². The molecule has 2 N–H and O–H groups in total. The van der Waals surface area contributed by atoms with Crippen molar-refractivity contribution in [2.24, 2.45) is 5.92 Å². The van der Waals surface area contributed by atoms with E-state index in [0.717, 1.165) is 31.2 Å². The number of carbonyl (C=O) groups is 2. The smallest absolute Gasteiger partial charge is 0.243 e. The van der Waals surface area contributed by atoms with Gasteiger partial charge in [-0.1, -0.05) is 49.6 Å². The Hall–Kier alpha value is -2.56. The SMILES string of the molecule is O=C(N[C@H](Cc1ccccc1)C(=O)NCc1ccco1)C1CCCCC1. The van der Waals surface area contributed by atoms with E-state index in [-0.39, 0.29) is 17.7 Å². The number of nitrogens with one attached hydrogen (secondary N) is 2. The highest BCUT2D eigenvalue weighted by Crippen LogP contribution is 2.23. The zero-order valence-electron chi connectivity index (χ0n) is 14.9. The summed E-state index contributed by atoms with van der Waals surface area (Å²) in [7, 11) is 0. The quantitative estimate of drug-likeness (QED) is 0.802. The van der Waals surface area contributed by atoms with Gasteiger partial charge in [0.25, 0.3) is 0 Å². The van der Waals surface area contributed by atoms with Gasteiger partial charge in [0, 0.05) is 12.3 Å². The van der Waals surface area contributed by atoms with Crippen LogP contribution in [0.5, 0.6) is 0 Å². The van der Waals surface area contributed by atoms with E-state index < -0.39 is 6.04 Å². The van der Waals surface area contributed by atoms with Crippen molar-refractivity contribution in [3.8, 4) is 0 Å². The van der Waals surface area contributed by atoms with Crippen LogP contribution in [0.3, 0.4) is 0 Å². The second-order valence-electron chi connectivity index (χ2n) is 6.88. The lowest BCUT2D eigenvalue weighted by molar-refractivity contribution is -0.131. The third-order valence-corrected chi connectivity index (χ3v) is 4.91. The Bertz CT molecular complexity index is 691. The van der Waals surface area contributed by atoms with Crippen molar-refractivity contribution in [1.82, 2.24) is 10.6 Å². The van der Waals surface area contributed by atoms with Crippen LogP contribution in [0, 0.1) is 5.92 Å². The molecule has 1 aromatic carbocycles. The van der Waals surface area contributed by atoms with Crippen LogP contribution in [0.1, 0.15) is 43.4 Å². The normalized spacial score (nSPS) is 16.0. The highest BCUT2D eigenvalue weighted by molar-refractivity contribution is 5.88. The lowest BCUT2D eigenvalue weighted by Gasteiger charge is -2.24. The molecule has 0 saturated heterocycles. The summed E-state index contributed by atoms with van der Waals surface area (Å²) in [6.45, 7) is 0.316. The van der Waals surface area contributed by atoms with Crippen LogP contribution in [0.25, 0.3) is 0 Å². The molecule has 2 amide bonds. The standard InChI is InChI=1S/C21H26N2O3/c24-20(17-10-5-2-6-11-17)23-19(14-16-8-3-1-4-9-16)21(25)22-15-18-12-7-13-26-18/h1,3-4,7-9,12-13,17,19H,2,5-6,10-11,14-15H2,(H,22,25)(H,23,24)/t19-/m1/s1. The summed E-state index contributed by atoms with van der Waals surface area (Å²) in [4.78, 5) is 25.3. The van der Waals surface area contributed by atoms with Crippen molar-refractivity contribution in [1.29, 1.82) is 0 Å². The summed E-state index contributed by atoms with van der Waals surface area (Å²) in [6, 6.07) is 12.8. The van der Waals surface area contributed by atoms with E-state index in [1.807, 2.05) is 36.4 Å². The fraction of sp³-hybridized carbons (Fsp3) is 0.429. The Kier molecular flexibility index (Phi) is 6.47. The molecule has 1 saturated carbocycles. The van der Waals surface area contributed by atoms with Gasteiger partial charge in [-0.2, -0.15) is 0 Å². The fourth-order valence-electron chi connectivity index (χ4n) is 3.42. The second-order valence-corrected chi connectivity index (χ2v) is 6.88. The molecule has 0 aliphatic heterocycles. The second kappa shape index (κ2) is 9.22. The van der Waals surface area contributed by atoms with E-state index in [0.29, 0.717) is 18.7 Å². The van der Waals surface area contributed by atoms with E-state index in [1.165, 1.54) is 6.42 Å². The molecule has 1 fully saturated rings. The number of carbonyl (C=O) groups excluding carboxylic acids is 2. The molecule has 0 bridgehead atoms. The van der Waals surface area contributed by atoms with Crippen molar-refractivity contribution >= 4 is 11.8 Å². The minimum absolute atomic E-state index is 0.00113. The van der Waals surface area contributed by atoms with Gasteiger partial charge in [0.15, 0.2) is 0 Å². The van der Waals surface area contributed by atoms with Crippen molar-refractivity contribution in [2.45, 2.75) is 51.1 Å². The summed E-state index contributed by atoms with van der Waals surface area (Å²) in [6.07, 6.45) is 7.26. The first kappa shape index (κ1) is 18.2. The van der Waals surface area contributed by atoms with Gasteiger partial charge in [-0.15, -0.1) is 0 Å². The molecule has 1 atom stereocenters. The maximum atomic E-state index is 12.7. The van der Waals surface area contributed by atoms with Crippen LogP contribution in [-0.4, -0.2) is 17.9 Å². The topological polar surface area (TPSA) is 71.3 Å². The minimum atomic E-state index is -0.582. The number of amides is 2. The molecule has 0 unspecified atom stereocenters. The van der Waals surface area contributed by atoms with Crippen molar-refractivity contribution in [3.63, 3.8) is 0 Å². The van der Waals surface area contributed by atoms with Crippen LogP contribution < -0.4 is 10.6 Å². The summed E-state index contributed by atoms with van der Waals surface area (Å²) in [5, 5.41) is 5.85. The molecule has 5 heteroatoms. The monoisotopic (exact) mass is 354 g/mol. The average Bonchev–Trinajstić information content (AvgIpc) is 3.20. The molecule has 5 nitrogen and oxygen atoms in total. The van der Waals surface area contributed by atoms with E-state index in [9.17, 15) is 9.59 Å². The van der Waals surface area contributed by atoms with Gasteiger partial charge in [-0.05, 0) is 30.5 Å². The highest BCUT2D eigenvalue weighted by atomic mass is 16.3. The average molecular weight is 354 g/mol. The first-order valence-corrected chi connectivity index (χ1v) is 9.37. The Balaban J connectivity index is 1.63. The first-order chi connectivity index (χ1) is 12.7. The Morgan fingerprint density at radius 3 is 2.50 bits per heavy atom. The van der Waals surface area contributed by atoms with Crippen LogP contribution >= 0.6 is 0 Å². The number of hydrogen-bond donors (Lipinski definition) is 2. The summed E-state index contributed by atoms with van der Waals surface area (Å²) in [5.41, 5.74) is 1.02. The third kappa shape index (κ3) is 5.22. The Labute approximate surface area is 154 Å². The van der Waals surface area contributed by atoms with Gasteiger partial charge < -0.3 is 15.1 Å². The van der Waals surface area contributed by atoms with E-state index >= 15 is 0 Å². The molecule has 0 radical (unpaired) electrons. The molecule has 1 aliphatic carbocycles.